The number of rotatable bonds is 5. The molecule has 0 fully saturated rings. The monoisotopic (exact) mass is 326 g/mol. The molecular weight excluding hydrogens is 315 g/mol. The summed E-state index contributed by atoms with van der Waals surface area (Å²) in [4.78, 5) is 23.3. The number of nitrogens with one attached hydrogen (secondary N) is 2. The van der Waals surface area contributed by atoms with Crippen molar-refractivity contribution in [1.29, 1.82) is 0 Å². The maximum absolute atomic E-state index is 13.6. The van der Waals surface area contributed by atoms with Crippen molar-refractivity contribution < 1.29 is 14.0 Å². The third-order valence-electron chi connectivity index (χ3n) is 2.65. The molecule has 2 N–H and O–H groups in total. The lowest BCUT2D eigenvalue weighted by Crippen LogP contribution is -2.27. The molecule has 0 unspecified atom stereocenters. The number of hydrogen-bond acceptors (Lipinski definition) is 3. The van der Waals surface area contributed by atoms with Gasteiger partial charge in [-0.25, -0.2) is 4.39 Å². The summed E-state index contributed by atoms with van der Waals surface area (Å²) in [7, 11) is 0. The largest absolute Gasteiger partial charge is 0.351 e. The number of anilines is 1. The van der Waals surface area contributed by atoms with Crippen molar-refractivity contribution >= 4 is 40.4 Å². The Hall–Kier alpha value is -1.92. The van der Waals surface area contributed by atoms with Gasteiger partial charge in [-0.2, -0.15) is 11.3 Å². The Morgan fingerprint density at radius 3 is 2.81 bits per heavy atom. The number of benzene rings is 1. The Labute approximate surface area is 129 Å². The Morgan fingerprint density at radius 1 is 1.29 bits per heavy atom. The Bertz CT molecular complexity index is 646. The third kappa shape index (κ3) is 4.27. The van der Waals surface area contributed by atoms with Crippen molar-refractivity contribution in [3.05, 3.63) is 51.4 Å². The molecule has 0 atom stereocenters. The zero-order valence-corrected chi connectivity index (χ0v) is 12.4. The minimum Gasteiger partial charge on any atom is -0.351 e. The molecule has 1 aromatic carbocycles. The molecule has 0 spiro atoms. The highest BCUT2D eigenvalue weighted by molar-refractivity contribution is 7.08. The van der Waals surface area contributed by atoms with Crippen LogP contribution >= 0.6 is 22.9 Å². The quantitative estimate of drug-likeness (QED) is 0.885. The molecule has 2 amide bonds. The van der Waals surface area contributed by atoms with E-state index in [1.807, 2.05) is 0 Å². The van der Waals surface area contributed by atoms with Crippen molar-refractivity contribution in [2.24, 2.45) is 0 Å². The van der Waals surface area contributed by atoms with E-state index in [2.05, 4.69) is 10.6 Å². The Kier molecular flexibility index (Phi) is 5.30. The van der Waals surface area contributed by atoms with Crippen molar-refractivity contribution in [3.63, 3.8) is 0 Å². The zero-order chi connectivity index (χ0) is 15.2. The molecule has 1 heterocycles. The number of halogens is 2. The average molecular weight is 327 g/mol. The van der Waals surface area contributed by atoms with Gasteiger partial charge >= 0.3 is 0 Å². The number of carbonyl (C=O) groups excluding carboxylic acids is 2. The summed E-state index contributed by atoms with van der Waals surface area (Å²) in [6.07, 6.45) is 0.0435. The van der Waals surface area contributed by atoms with E-state index in [9.17, 15) is 14.0 Å². The van der Waals surface area contributed by atoms with E-state index in [1.54, 1.807) is 22.9 Å². The molecule has 21 heavy (non-hydrogen) atoms. The molecule has 0 aliphatic rings. The van der Waals surface area contributed by atoms with Gasteiger partial charge in [-0.3, -0.25) is 9.59 Å². The van der Waals surface area contributed by atoms with Crippen LogP contribution in [-0.4, -0.2) is 18.4 Å². The highest BCUT2D eigenvalue weighted by Gasteiger charge is 2.10. The fraction of sp³-hybridized carbons (Fsp3) is 0.143. The fourth-order valence-corrected chi connectivity index (χ4v) is 2.41. The molecule has 110 valence electrons. The number of hydrogen-bond donors (Lipinski definition) is 2. The predicted octanol–water partition coefficient (Wildman–Crippen LogP) is 3.30. The second-order valence-corrected chi connectivity index (χ2v) is 5.35. The minimum absolute atomic E-state index is 0.0247. The molecule has 0 aliphatic carbocycles. The van der Waals surface area contributed by atoms with Crippen molar-refractivity contribution in [2.45, 2.75) is 6.42 Å². The van der Waals surface area contributed by atoms with Gasteiger partial charge in [0.05, 0.1) is 10.7 Å². The summed E-state index contributed by atoms with van der Waals surface area (Å²) in [5.41, 5.74) is 0.581. The molecule has 2 aromatic rings. The van der Waals surface area contributed by atoms with E-state index >= 15 is 0 Å². The maximum atomic E-state index is 13.6. The van der Waals surface area contributed by atoms with Gasteiger partial charge < -0.3 is 10.6 Å². The van der Waals surface area contributed by atoms with Gasteiger partial charge in [-0.15, -0.1) is 0 Å². The normalized spacial score (nSPS) is 10.2. The van der Waals surface area contributed by atoms with Crippen LogP contribution in [0, 0.1) is 5.82 Å². The van der Waals surface area contributed by atoms with Crippen molar-refractivity contribution in [2.75, 3.05) is 11.9 Å². The first-order valence-electron chi connectivity index (χ1n) is 6.12. The summed E-state index contributed by atoms with van der Waals surface area (Å²) >= 11 is 7.04. The van der Waals surface area contributed by atoms with E-state index in [1.165, 1.54) is 23.5 Å². The molecule has 0 aliphatic heterocycles. The van der Waals surface area contributed by atoms with Gasteiger partial charge in [0.15, 0.2) is 5.82 Å². The van der Waals surface area contributed by atoms with Crippen LogP contribution in [0.15, 0.2) is 35.0 Å². The lowest BCUT2D eigenvalue weighted by atomic mass is 10.3. The first kappa shape index (κ1) is 15.5. The summed E-state index contributed by atoms with van der Waals surface area (Å²) in [5.74, 6) is -1.31. The predicted molar refractivity (Wildman–Crippen MR) is 81.3 cm³/mol. The molecule has 0 bridgehead atoms. The van der Waals surface area contributed by atoms with Gasteiger partial charge in [0.25, 0.3) is 5.91 Å². The maximum Gasteiger partial charge on any atom is 0.252 e. The Balaban J connectivity index is 1.80. The lowest BCUT2D eigenvalue weighted by molar-refractivity contribution is -0.116. The highest BCUT2D eigenvalue weighted by atomic mass is 35.5. The van der Waals surface area contributed by atoms with Crippen LogP contribution < -0.4 is 10.6 Å². The minimum atomic E-state index is -0.671. The first-order chi connectivity index (χ1) is 10.1. The van der Waals surface area contributed by atoms with E-state index in [0.29, 0.717) is 5.56 Å². The van der Waals surface area contributed by atoms with Crippen LogP contribution in [0.4, 0.5) is 10.1 Å². The number of thiophene rings is 1. The first-order valence-corrected chi connectivity index (χ1v) is 7.44. The second kappa shape index (κ2) is 7.19. The van der Waals surface area contributed by atoms with Crippen LogP contribution in [0.2, 0.25) is 5.02 Å². The molecule has 7 heteroatoms. The SMILES string of the molecule is O=C(CCNC(=O)c1ccsc1)Nc1cccc(Cl)c1F. The summed E-state index contributed by atoms with van der Waals surface area (Å²) in [6.45, 7) is 0.169. The van der Waals surface area contributed by atoms with Crippen LogP contribution in [0.3, 0.4) is 0 Å². The molecule has 4 nitrogen and oxygen atoms in total. The third-order valence-corrected chi connectivity index (χ3v) is 3.62. The molecular formula is C14H12ClFN2O2S. The van der Waals surface area contributed by atoms with Crippen molar-refractivity contribution in [1.82, 2.24) is 5.32 Å². The summed E-state index contributed by atoms with van der Waals surface area (Å²) < 4.78 is 13.6. The van der Waals surface area contributed by atoms with Gasteiger partial charge in [-0.05, 0) is 23.6 Å². The average Bonchev–Trinajstić information content (AvgIpc) is 2.98. The molecule has 2 rings (SSSR count). The highest BCUT2D eigenvalue weighted by Crippen LogP contribution is 2.21. The number of carbonyl (C=O) groups is 2. The molecule has 0 radical (unpaired) electrons. The van der Waals surface area contributed by atoms with Crippen LogP contribution in [0.5, 0.6) is 0 Å². The second-order valence-electron chi connectivity index (χ2n) is 4.17. The van der Waals surface area contributed by atoms with Crippen LogP contribution in [0.25, 0.3) is 0 Å². The Morgan fingerprint density at radius 2 is 2.10 bits per heavy atom. The topological polar surface area (TPSA) is 58.2 Å². The van der Waals surface area contributed by atoms with Gasteiger partial charge in [0.1, 0.15) is 0 Å². The standard InChI is InChI=1S/C14H12ClFN2O2S/c15-10-2-1-3-11(13(10)16)18-12(19)4-6-17-14(20)9-5-7-21-8-9/h1-3,5,7-8H,4,6H2,(H,17,20)(H,18,19). The van der Waals surface area contributed by atoms with Crippen molar-refractivity contribution in [3.8, 4) is 0 Å². The zero-order valence-electron chi connectivity index (χ0n) is 10.9. The van der Waals surface area contributed by atoms with Gasteiger partial charge in [-0.1, -0.05) is 17.7 Å². The van der Waals surface area contributed by atoms with Crippen LogP contribution in [0.1, 0.15) is 16.8 Å². The van der Waals surface area contributed by atoms with Crippen LogP contribution in [-0.2, 0) is 4.79 Å². The van der Waals surface area contributed by atoms with Gasteiger partial charge in [0, 0.05) is 23.9 Å². The lowest BCUT2D eigenvalue weighted by Gasteiger charge is -2.07. The number of amides is 2. The van der Waals surface area contributed by atoms with E-state index in [-0.39, 0.29) is 29.6 Å². The summed E-state index contributed by atoms with van der Waals surface area (Å²) in [6, 6.07) is 6.05. The molecule has 0 saturated heterocycles. The van der Waals surface area contributed by atoms with E-state index in [4.69, 9.17) is 11.6 Å². The smallest absolute Gasteiger partial charge is 0.252 e. The molecule has 1 aromatic heterocycles. The summed E-state index contributed by atoms with van der Waals surface area (Å²) in [5, 5.41) is 8.48. The molecule has 0 saturated carbocycles. The van der Waals surface area contributed by atoms with E-state index < -0.39 is 11.7 Å². The fourth-order valence-electron chi connectivity index (χ4n) is 1.60. The van der Waals surface area contributed by atoms with Gasteiger partial charge in [0.2, 0.25) is 5.91 Å². The van der Waals surface area contributed by atoms with E-state index in [0.717, 1.165) is 0 Å².